The minimum Gasteiger partial charge on any atom is -0.459 e. The third kappa shape index (κ3) is 5.34. The van der Waals surface area contributed by atoms with Gasteiger partial charge in [-0.15, -0.1) is 0 Å². The van der Waals surface area contributed by atoms with E-state index in [2.05, 4.69) is 175 Å². The zero-order chi connectivity index (χ0) is 46.1. The van der Waals surface area contributed by atoms with Crippen molar-refractivity contribution in [3.05, 3.63) is 258 Å². The molecule has 0 saturated carbocycles. The van der Waals surface area contributed by atoms with Gasteiger partial charge in [0.25, 0.3) is 0 Å². The predicted octanol–water partition coefficient (Wildman–Crippen LogP) is 15.9. The molecule has 0 amide bonds. The maximum absolute atomic E-state index is 7.23. The van der Waals surface area contributed by atoms with Gasteiger partial charge in [0, 0.05) is 50.0 Å². The van der Waals surface area contributed by atoms with Gasteiger partial charge in [0.1, 0.15) is 11.3 Å². The number of aromatic nitrogens is 4. The second kappa shape index (κ2) is 14.8. The number of benzene rings is 9. The van der Waals surface area contributed by atoms with Gasteiger partial charge in [0.15, 0.2) is 17.5 Å². The van der Waals surface area contributed by atoms with Crippen molar-refractivity contribution in [3.8, 4) is 62.1 Å². The van der Waals surface area contributed by atoms with Crippen LogP contribution in [-0.4, -0.2) is 19.5 Å². The van der Waals surface area contributed by atoms with E-state index in [1.54, 1.807) is 0 Å². The minimum atomic E-state index is -0.440. The Hall–Kier alpha value is -8.93. The van der Waals surface area contributed by atoms with E-state index < -0.39 is 5.41 Å². The Labute approximate surface area is 404 Å². The Balaban J connectivity index is 0.941. The molecular formula is C65H42N4O. The van der Waals surface area contributed by atoms with Gasteiger partial charge in [-0.1, -0.05) is 201 Å². The van der Waals surface area contributed by atoms with E-state index in [1.165, 1.54) is 71.9 Å². The van der Waals surface area contributed by atoms with Crippen molar-refractivity contribution in [1.82, 2.24) is 19.5 Å². The van der Waals surface area contributed by atoms with Crippen LogP contribution in [0.3, 0.4) is 0 Å². The van der Waals surface area contributed by atoms with Crippen molar-refractivity contribution in [2.24, 2.45) is 5.92 Å². The summed E-state index contributed by atoms with van der Waals surface area (Å²) >= 11 is 0. The number of hydrogen-bond acceptors (Lipinski definition) is 4. The van der Waals surface area contributed by atoms with E-state index in [0.29, 0.717) is 17.5 Å². The van der Waals surface area contributed by atoms with Crippen LogP contribution in [0.4, 0.5) is 0 Å². The first kappa shape index (κ1) is 39.1. The molecule has 3 heterocycles. The zero-order valence-corrected chi connectivity index (χ0v) is 38.2. The molecule has 3 aliphatic carbocycles. The zero-order valence-electron chi connectivity index (χ0n) is 38.2. The van der Waals surface area contributed by atoms with E-state index in [9.17, 15) is 0 Å². The molecule has 0 radical (unpaired) electrons. The highest BCUT2D eigenvalue weighted by molar-refractivity contribution is 6.17. The lowest BCUT2D eigenvalue weighted by molar-refractivity contribution is 0.470. The largest absolute Gasteiger partial charge is 0.459 e. The Kier molecular flexibility index (Phi) is 8.26. The lowest BCUT2D eigenvalue weighted by Gasteiger charge is -2.30. The van der Waals surface area contributed by atoms with Gasteiger partial charge in [-0.3, -0.25) is 0 Å². The topological polar surface area (TPSA) is 56.7 Å². The second-order valence-electron chi connectivity index (χ2n) is 19.0. The van der Waals surface area contributed by atoms with E-state index >= 15 is 0 Å². The summed E-state index contributed by atoms with van der Waals surface area (Å²) in [6, 6.07) is 76.7. The van der Waals surface area contributed by atoms with Gasteiger partial charge in [-0.25, -0.2) is 15.0 Å². The van der Waals surface area contributed by atoms with Crippen molar-refractivity contribution in [3.63, 3.8) is 0 Å². The van der Waals surface area contributed by atoms with Crippen LogP contribution in [0, 0.1) is 5.92 Å². The monoisotopic (exact) mass is 894 g/mol. The van der Waals surface area contributed by atoms with Crippen LogP contribution in [0.1, 0.15) is 52.0 Å². The molecule has 5 heteroatoms. The van der Waals surface area contributed by atoms with Crippen LogP contribution in [0.5, 0.6) is 0 Å². The quantitative estimate of drug-likeness (QED) is 0.173. The number of rotatable bonds is 5. The normalized spacial score (nSPS) is 15.8. The number of para-hydroxylation sites is 2. The van der Waals surface area contributed by atoms with Crippen LogP contribution in [0.15, 0.2) is 223 Å². The van der Waals surface area contributed by atoms with Gasteiger partial charge < -0.3 is 8.98 Å². The lowest BCUT2D eigenvalue weighted by atomic mass is 9.70. The highest BCUT2D eigenvalue weighted by Crippen LogP contribution is 2.64. The fraction of sp³-hybridized carbons (Fsp3) is 0.0615. The minimum absolute atomic E-state index is 0.0391. The molecule has 12 aromatic rings. The molecule has 0 saturated heterocycles. The smallest absolute Gasteiger partial charge is 0.167 e. The molecule has 2 atom stereocenters. The molecule has 0 aliphatic heterocycles. The average molecular weight is 895 g/mol. The van der Waals surface area contributed by atoms with Crippen molar-refractivity contribution in [1.29, 1.82) is 0 Å². The standard InChI is InChI=1S/C65H42N4O/c1-39-32-34-48-47-27-17-28-50(64-67-62(40-18-5-2-6-19-40)66-63(68-64)41-20-7-3-8-21-41)60(47)70-61(48)57(39)42-33-37-56-51(38-42)46-35-36-55-58(59(46)69(56)43-22-9-4-10-23-43)49-26-13-16-31-54(49)65(55)52-29-14-11-24-44(52)45-25-12-15-30-53(45)65/h2-39,57H,1H3. The highest BCUT2D eigenvalue weighted by atomic mass is 16.3. The van der Waals surface area contributed by atoms with E-state index in [-0.39, 0.29) is 11.8 Å². The van der Waals surface area contributed by atoms with Gasteiger partial charge >= 0.3 is 0 Å². The highest BCUT2D eigenvalue weighted by Gasteiger charge is 2.52. The molecule has 3 aliphatic rings. The first-order valence-electron chi connectivity index (χ1n) is 24.2. The first-order chi connectivity index (χ1) is 34.6. The first-order valence-corrected chi connectivity index (χ1v) is 24.2. The van der Waals surface area contributed by atoms with E-state index in [0.717, 1.165) is 44.7 Å². The molecule has 5 nitrogen and oxygen atoms in total. The summed E-state index contributed by atoms with van der Waals surface area (Å²) in [7, 11) is 0. The summed E-state index contributed by atoms with van der Waals surface area (Å²) in [5.74, 6) is 2.90. The van der Waals surface area contributed by atoms with Gasteiger partial charge in [-0.2, -0.15) is 0 Å². The van der Waals surface area contributed by atoms with Crippen molar-refractivity contribution >= 4 is 38.9 Å². The number of fused-ring (bicyclic) bond motifs is 17. The van der Waals surface area contributed by atoms with Crippen molar-refractivity contribution in [2.75, 3.05) is 0 Å². The third-order valence-electron chi connectivity index (χ3n) is 15.4. The number of hydrogen-bond donors (Lipinski definition) is 0. The molecule has 0 fully saturated rings. The van der Waals surface area contributed by atoms with Gasteiger partial charge in [0.05, 0.1) is 22.0 Å². The summed E-state index contributed by atoms with van der Waals surface area (Å²) < 4.78 is 9.75. The summed E-state index contributed by atoms with van der Waals surface area (Å²) in [5.41, 5.74) is 19.5. The van der Waals surface area contributed by atoms with Crippen LogP contribution >= 0.6 is 0 Å². The number of nitrogens with zero attached hydrogens (tertiary/aromatic N) is 4. The van der Waals surface area contributed by atoms with Crippen molar-refractivity contribution in [2.45, 2.75) is 18.3 Å². The molecule has 2 unspecified atom stereocenters. The fourth-order valence-electron chi connectivity index (χ4n) is 12.5. The molecule has 0 bridgehead atoms. The summed E-state index contributed by atoms with van der Waals surface area (Å²) in [5, 5.41) is 3.50. The Morgan fingerprint density at radius 3 is 1.71 bits per heavy atom. The molecule has 0 N–H and O–H groups in total. The Morgan fingerprint density at radius 1 is 0.471 bits per heavy atom. The molecule has 9 aromatic carbocycles. The van der Waals surface area contributed by atoms with Gasteiger partial charge in [-0.05, 0) is 80.8 Å². The van der Waals surface area contributed by atoms with Crippen LogP contribution in [0.25, 0.3) is 101 Å². The molecule has 3 aromatic heterocycles. The summed E-state index contributed by atoms with van der Waals surface area (Å²) in [6.45, 7) is 2.31. The maximum atomic E-state index is 7.23. The molecule has 1 spiro atoms. The fourth-order valence-corrected chi connectivity index (χ4v) is 12.5. The number of furan rings is 1. The van der Waals surface area contributed by atoms with Crippen LogP contribution in [-0.2, 0) is 5.41 Å². The SMILES string of the molecule is CC1C=Cc2c(oc3c(-c4nc(-c5ccccc5)nc(-c5ccccc5)n4)cccc23)C1c1ccc2c(c1)c1ccc3c(c1n2-c1ccccc1)-c1ccccc1C31c2ccccc2-c2ccccc21. The van der Waals surface area contributed by atoms with Crippen molar-refractivity contribution < 1.29 is 4.42 Å². The molecule has 70 heavy (non-hydrogen) atoms. The molecule has 328 valence electrons. The van der Waals surface area contributed by atoms with E-state index in [1.807, 2.05) is 60.7 Å². The molecule has 15 rings (SSSR count). The van der Waals surface area contributed by atoms with Crippen LogP contribution in [0.2, 0.25) is 0 Å². The van der Waals surface area contributed by atoms with E-state index in [4.69, 9.17) is 19.4 Å². The molecular weight excluding hydrogens is 853 g/mol. The summed E-state index contributed by atoms with van der Waals surface area (Å²) in [6.07, 6.45) is 4.59. The number of allylic oxidation sites excluding steroid dienone is 1. The van der Waals surface area contributed by atoms with Crippen LogP contribution < -0.4 is 0 Å². The predicted molar refractivity (Wildman–Crippen MR) is 283 cm³/mol. The Morgan fingerprint density at radius 2 is 1.04 bits per heavy atom. The average Bonchev–Trinajstić information content (AvgIpc) is 4.15. The maximum Gasteiger partial charge on any atom is 0.167 e. The second-order valence-corrected chi connectivity index (χ2v) is 19.0. The third-order valence-corrected chi connectivity index (χ3v) is 15.4. The van der Waals surface area contributed by atoms with Gasteiger partial charge in [0.2, 0.25) is 0 Å². The Bertz CT molecular complexity index is 4040. The lowest BCUT2D eigenvalue weighted by Crippen LogP contribution is -2.25. The summed E-state index contributed by atoms with van der Waals surface area (Å²) in [4.78, 5) is 15.2.